The van der Waals surface area contributed by atoms with E-state index < -0.39 is 16.1 Å². The zero-order valence-electron chi connectivity index (χ0n) is 14.7. The van der Waals surface area contributed by atoms with E-state index in [1.165, 1.54) is 12.8 Å². The molecule has 0 saturated heterocycles. The van der Waals surface area contributed by atoms with Crippen molar-refractivity contribution in [3.63, 3.8) is 0 Å². The van der Waals surface area contributed by atoms with E-state index >= 15 is 0 Å². The molecule has 3 rings (SSSR count). The summed E-state index contributed by atoms with van der Waals surface area (Å²) < 4.78 is 6.08. The summed E-state index contributed by atoms with van der Waals surface area (Å²) in [7, 11) is -0.243. The predicted molar refractivity (Wildman–Crippen MR) is 96.9 cm³/mol. The summed E-state index contributed by atoms with van der Waals surface area (Å²) in [6.07, 6.45) is 2.80. The van der Waals surface area contributed by atoms with E-state index in [2.05, 4.69) is 67.1 Å². The van der Waals surface area contributed by atoms with E-state index in [4.69, 9.17) is 0 Å². The average Bonchev–Trinajstić information content (AvgIpc) is 3.26. The van der Waals surface area contributed by atoms with Crippen molar-refractivity contribution in [2.45, 2.75) is 51.8 Å². The van der Waals surface area contributed by atoms with Gasteiger partial charge in [-0.05, 0) is 0 Å². The Morgan fingerprint density at radius 1 is 1.05 bits per heavy atom. The molecule has 1 N–H and O–H groups in total. The molecule has 0 radical (unpaired) electrons. The molecular weight excluding hydrogens is 318 g/mol. The van der Waals surface area contributed by atoms with Crippen molar-refractivity contribution in [2.24, 2.45) is 5.92 Å². The van der Waals surface area contributed by atoms with Crippen LogP contribution in [0, 0.1) is 5.92 Å². The van der Waals surface area contributed by atoms with E-state index in [-0.39, 0.29) is 7.39 Å². The Labute approximate surface area is 141 Å². The van der Waals surface area contributed by atoms with Crippen LogP contribution in [0.3, 0.4) is 0 Å². The fourth-order valence-electron chi connectivity index (χ4n) is 4.16. The normalized spacial score (nSPS) is 25.4. The second-order valence-corrected chi connectivity index (χ2v) is 21.6. The van der Waals surface area contributed by atoms with Gasteiger partial charge in [0, 0.05) is 0 Å². The number of hydrogen-bond donors (Lipinski definition) is 1. The molecule has 2 aliphatic carbocycles. The number of nitrogens with one attached hydrogen (secondary N) is 1. The van der Waals surface area contributed by atoms with E-state index in [0.717, 1.165) is 6.04 Å². The third-order valence-corrected chi connectivity index (χ3v) is 19.7. The number of allylic oxidation sites excluding steroid dienone is 4. The molecule has 0 amide bonds. The molecule has 2 unspecified atom stereocenters. The fraction of sp³-hybridized carbons (Fsp3) is 0.474. The first kappa shape index (κ1) is 16.4. The average molecular weight is 347 g/mol. The van der Waals surface area contributed by atoms with Gasteiger partial charge in [-0.15, -0.1) is 0 Å². The van der Waals surface area contributed by atoms with Crippen molar-refractivity contribution < 1.29 is 16.1 Å². The van der Waals surface area contributed by atoms with Crippen molar-refractivity contribution in [3.05, 3.63) is 50.9 Å². The van der Waals surface area contributed by atoms with Crippen molar-refractivity contribution >= 4 is 12.6 Å². The third kappa shape index (κ3) is 3.12. The first-order chi connectivity index (χ1) is 10.4. The molecule has 22 heavy (non-hydrogen) atoms. The molecule has 1 aromatic carbocycles. The molecular formula is C19H29NSiTi. The van der Waals surface area contributed by atoms with Crippen LogP contribution < -0.4 is 8.99 Å². The molecule has 1 saturated carbocycles. The molecule has 1 nitrogen and oxygen atoms in total. The summed E-state index contributed by atoms with van der Waals surface area (Å²) in [6.45, 7) is 9.51. The first-order valence-corrected chi connectivity index (χ1v) is 16.5. The third-order valence-electron chi connectivity index (χ3n) is 5.74. The zero-order chi connectivity index (χ0) is 15.9. The zero-order valence-corrected chi connectivity index (χ0v) is 17.6. The van der Waals surface area contributed by atoms with E-state index in [0.29, 0.717) is 5.92 Å². The first-order valence-electron chi connectivity index (χ1n) is 8.63. The van der Waals surface area contributed by atoms with Crippen LogP contribution in [-0.2, 0) is 16.1 Å². The summed E-state index contributed by atoms with van der Waals surface area (Å²) in [4.78, 5) is 0. The Morgan fingerprint density at radius 2 is 1.68 bits per heavy atom. The summed E-state index contributed by atoms with van der Waals surface area (Å²) in [5, 5.41) is 4.31. The van der Waals surface area contributed by atoms with Gasteiger partial charge in [-0.2, -0.15) is 0 Å². The molecule has 0 aromatic heterocycles. The maximum atomic E-state index is 4.22. The van der Waals surface area contributed by atoms with Gasteiger partial charge in [-0.1, -0.05) is 0 Å². The van der Waals surface area contributed by atoms with Gasteiger partial charge in [-0.25, -0.2) is 0 Å². The van der Waals surface area contributed by atoms with Crippen LogP contribution in [0.4, 0.5) is 0 Å². The minimum atomic E-state index is -2.15. The van der Waals surface area contributed by atoms with Crippen molar-refractivity contribution in [2.75, 3.05) is 0 Å². The Hall–Kier alpha value is -0.409. The van der Waals surface area contributed by atoms with Gasteiger partial charge in [-0.3, -0.25) is 0 Å². The van der Waals surface area contributed by atoms with Gasteiger partial charge in [0.15, 0.2) is 0 Å². The van der Waals surface area contributed by atoms with Crippen LogP contribution in [0.15, 0.2) is 50.9 Å². The van der Waals surface area contributed by atoms with Crippen LogP contribution in [0.2, 0.25) is 5.23 Å². The molecule has 3 heteroatoms. The van der Waals surface area contributed by atoms with Gasteiger partial charge < -0.3 is 0 Å². The topological polar surface area (TPSA) is 12.0 Å². The van der Waals surface area contributed by atoms with Crippen LogP contribution >= 0.6 is 0 Å². The minimum absolute atomic E-state index is 0.243. The molecule has 0 heterocycles. The Balaban J connectivity index is 1.96. The van der Waals surface area contributed by atoms with Gasteiger partial charge in [0.05, 0.1) is 0 Å². The summed E-state index contributed by atoms with van der Waals surface area (Å²) in [6, 6.07) is 12.1. The summed E-state index contributed by atoms with van der Waals surface area (Å²) in [5.74, 6) is 0.674. The fourth-order valence-corrected chi connectivity index (χ4v) is 21.1. The number of rotatable bonds is 5. The quantitative estimate of drug-likeness (QED) is 0.804. The molecule has 2 atom stereocenters. The molecule has 1 fully saturated rings. The van der Waals surface area contributed by atoms with Crippen molar-refractivity contribution in [3.8, 4) is 0 Å². The second-order valence-electron chi connectivity index (χ2n) is 7.48. The van der Waals surface area contributed by atoms with Crippen LogP contribution in [0.1, 0.15) is 40.5 Å². The van der Waals surface area contributed by atoms with Gasteiger partial charge in [0.1, 0.15) is 0 Å². The Bertz CT molecular complexity index is 630. The van der Waals surface area contributed by atoms with E-state index in [1.807, 2.05) is 3.88 Å². The molecule has 1 aromatic rings. The molecule has 0 spiro atoms. The summed E-state index contributed by atoms with van der Waals surface area (Å²) in [5.41, 5.74) is 4.81. The van der Waals surface area contributed by atoms with Crippen molar-refractivity contribution in [1.29, 1.82) is 0 Å². The molecule has 0 aliphatic heterocycles. The van der Waals surface area contributed by atoms with E-state index in [1.54, 1.807) is 21.9 Å². The standard InChI is InChI=1S/C9H13.C6H7Si.C3H6N.CH3.Ti/c1-6-5-7(2)9(4)8(6)3;7-6-4-2-1-3-5-6;4-3-1-2-3;;/h6H,1-4H3;1-5H,7H2;3-4H,1-2H2;1H3;/q;;-1;;+1. The van der Waals surface area contributed by atoms with Crippen LogP contribution in [0.5, 0.6) is 0 Å². The Kier molecular flexibility index (Phi) is 4.66. The number of benzene rings is 1. The maximum absolute atomic E-state index is 4.22. The van der Waals surface area contributed by atoms with Gasteiger partial charge in [0.25, 0.3) is 0 Å². The van der Waals surface area contributed by atoms with Crippen molar-refractivity contribution in [1.82, 2.24) is 3.80 Å². The molecule has 2 aliphatic rings. The summed E-state index contributed by atoms with van der Waals surface area (Å²) >= 11 is -2.15. The molecule has 118 valence electrons. The van der Waals surface area contributed by atoms with Crippen LogP contribution in [-0.4, -0.2) is 13.4 Å². The SMILES string of the molecule is CC1=C(C)C(C)[C]([Ti]([CH3])([NH]C2CC2)[SiH2]c2ccccc2)=C1C. The van der Waals surface area contributed by atoms with Gasteiger partial charge in [0.2, 0.25) is 0 Å². The number of hydrogen-bond acceptors (Lipinski definition) is 1. The predicted octanol–water partition coefficient (Wildman–Crippen LogP) is 3.52. The molecule has 0 bridgehead atoms. The Morgan fingerprint density at radius 3 is 2.18 bits per heavy atom. The van der Waals surface area contributed by atoms with Gasteiger partial charge >= 0.3 is 141 Å². The second kappa shape index (κ2) is 6.24. The monoisotopic (exact) mass is 347 g/mol. The van der Waals surface area contributed by atoms with Crippen LogP contribution in [0.25, 0.3) is 0 Å². The van der Waals surface area contributed by atoms with E-state index in [9.17, 15) is 0 Å².